The maximum atomic E-state index is 11.3. The van der Waals surface area contributed by atoms with Gasteiger partial charge in [-0.2, -0.15) is 10.2 Å². The summed E-state index contributed by atoms with van der Waals surface area (Å²) < 4.78 is 2.49. The van der Waals surface area contributed by atoms with Gasteiger partial charge in [-0.05, 0) is 28.9 Å². The Morgan fingerprint density at radius 3 is 2.85 bits per heavy atom. The van der Waals surface area contributed by atoms with Crippen molar-refractivity contribution in [2.24, 2.45) is 10.2 Å². The molecule has 0 amide bonds. The van der Waals surface area contributed by atoms with Crippen LogP contribution >= 0.6 is 15.9 Å². The largest absolute Gasteiger partial charge is 0.310 e. The summed E-state index contributed by atoms with van der Waals surface area (Å²) >= 11 is 3.30. The van der Waals surface area contributed by atoms with Crippen molar-refractivity contribution in [3.63, 3.8) is 0 Å². The van der Waals surface area contributed by atoms with Gasteiger partial charge < -0.3 is 4.57 Å². The minimum Gasteiger partial charge on any atom is -0.310 e. The summed E-state index contributed by atoms with van der Waals surface area (Å²) in [5.41, 5.74) is -0.397. The lowest BCUT2D eigenvalue weighted by atomic mass is 10.3. The molecule has 0 bridgehead atoms. The van der Waals surface area contributed by atoms with Gasteiger partial charge in [0.05, 0.1) is 6.54 Å². The summed E-state index contributed by atoms with van der Waals surface area (Å²) in [4.78, 5) is 11.3. The molecule has 0 unspecified atom stereocenters. The maximum absolute atomic E-state index is 11.3. The van der Waals surface area contributed by atoms with E-state index in [4.69, 9.17) is 0 Å². The molecular formula is C8H8BrN3O. The van der Waals surface area contributed by atoms with Gasteiger partial charge >= 0.3 is 0 Å². The van der Waals surface area contributed by atoms with Crippen LogP contribution in [0.25, 0.3) is 0 Å². The summed E-state index contributed by atoms with van der Waals surface area (Å²) in [7, 11) is 0. The van der Waals surface area contributed by atoms with Gasteiger partial charge in [0.2, 0.25) is 5.66 Å². The molecule has 1 aliphatic heterocycles. The highest BCUT2D eigenvalue weighted by atomic mass is 79.9. The van der Waals surface area contributed by atoms with Crippen LogP contribution in [0, 0.1) is 0 Å². The molecule has 5 heteroatoms. The predicted octanol–water partition coefficient (Wildman–Crippen LogP) is 1.79. The Balaban J connectivity index is 2.29. The summed E-state index contributed by atoms with van der Waals surface area (Å²) in [5.74, 6) is 0. The van der Waals surface area contributed by atoms with E-state index in [1.54, 1.807) is 16.8 Å². The first-order valence-electron chi connectivity index (χ1n) is 3.89. The zero-order chi connectivity index (χ0) is 9.47. The van der Waals surface area contributed by atoms with Gasteiger partial charge in [0.1, 0.15) is 0 Å². The fourth-order valence-electron chi connectivity index (χ4n) is 1.10. The fraction of sp³-hybridized carbons (Fsp3) is 0.375. The van der Waals surface area contributed by atoms with Gasteiger partial charge in [-0.3, -0.25) is 4.79 Å². The molecule has 0 aliphatic carbocycles. The Morgan fingerprint density at radius 1 is 1.54 bits per heavy atom. The lowest BCUT2D eigenvalue weighted by molar-refractivity contribution is 0.522. The molecule has 0 aromatic carbocycles. The monoisotopic (exact) mass is 241 g/mol. The van der Waals surface area contributed by atoms with Crippen molar-refractivity contribution >= 4 is 15.9 Å². The molecular weight excluding hydrogens is 234 g/mol. The second-order valence-electron chi connectivity index (χ2n) is 3.23. The van der Waals surface area contributed by atoms with Crippen LogP contribution in [0.2, 0.25) is 0 Å². The van der Waals surface area contributed by atoms with Crippen molar-refractivity contribution < 1.29 is 0 Å². The molecule has 2 heterocycles. The number of rotatable bonds is 2. The highest BCUT2D eigenvalue weighted by Gasteiger charge is 2.34. The molecule has 13 heavy (non-hydrogen) atoms. The third kappa shape index (κ3) is 1.85. The minimum absolute atomic E-state index is 0.0262. The molecule has 0 atom stereocenters. The Labute approximate surface area is 83.4 Å². The van der Waals surface area contributed by atoms with Crippen LogP contribution in [0.15, 0.2) is 37.8 Å². The van der Waals surface area contributed by atoms with E-state index in [0.717, 1.165) is 4.47 Å². The second kappa shape index (κ2) is 2.77. The van der Waals surface area contributed by atoms with E-state index in [1.165, 1.54) is 6.07 Å². The Kier molecular flexibility index (Phi) is 1.83. The smallest absolute Gasteiger partial charge is 0.250 e. The van der Waals surface area contributed by atoms with Crippen molar-refractivity contribution in [1.29, 1.82) is 0 Å². The second-order valence-corrected chi connectivity index (χ2v) is 4.15. The molecule has 0 N–H and O–H groups in total. The summed E-state index contributed by atoms with van der Waals surface area (Å²) in [5, 5.41) is 7.70. The zero-order valence-corrected chi connectivity index (χ0v) is 8.65. The SMILES string of the molecule is CC1(Cn2cc(Br)ccc2=O)N=N1. The lowest BCUT2D eigenvalue weighted by Gasteiger charge is -2.07. The number of hydrogen-bond donors (Lipinski definition) is 0. The molecule has 4 nitrogen and oxygen atoms in total. The number of aromatic nitrogens is 1. The molecule has 0 spiro atoms. The summed E-state index contributed by atoms with van der Waals surface area (Å²) in [6.07, 6.45) is 1.75. The fourth-order valence-corrected chi connectivity index (χ4v) is 1.48. The summed E-state index contributed by atoms with van der Waals surface area (Å²) in [6.45, 7) is 2.41. The first-order chi connectivity index (χ1) is 6.09. The molecule has 2 rings (SSSR count). The molecule has 1 aliphatic rings. The quantitative estimate of drug-likeness (QED) is 0.779. The number of hydrogen-bond acceptors (Lipinski definition) is 3. The van der Waals surface area contributed by atoms with Crippen LogP contribution in [0.4, 0.5) is 0 Å². The van der Waals surface area contributed by atoms with Crippen molar-refractivity contribution in [2.75, 3.05) is 0 Å². The first kappa shape index (κ1) is 8.62. The van der Waals surface area contributed by atoms with Crippen LogP contribution in [-0.2, 0) is 6.54 Å². The van der Waals surface area contributed by atoms with Crippen molar-refractivity contribution in [3.05, 3.63) is 33.2 Å². The molecule has 0 radical (unpaired) electrons. The molecule has 0 saturated heterocycles. The van der Waals surface area contributed by atoms with Gasteiger partial charge in [0, 0.05) is 16.7 Å². The van der Waals surface area contributed by atoms with Crippen LogP contribution in [-0.4, -0.2) is 10.2 Å². The Hall–Kier alpha value is -0.970. The third-order valence-corrected chi connectivity index (χ3v) is 2.33. The van der Waals surface area contributed by atoms with E-state index >= 15 is 0 Å². The number of nitrogens with zero attached hydrogens (tertiary/aromatic N) is 3. The van der Waals surface area contributed by atoms with Crippen molar-refractivity contribution in [2.45, 2.75) is 19.1 Å². The number of halogens is 1. The van der Waals surface area contributed by atoms with E-state index in [1.807, 2.05) is 6.92 Å². The van der Waals surface area contributed by atoms with Gasteiger partial charge in [0.15, 0.2) is 0 Å². The first-order valence-corrected chi connectivity index (χ1v) is 4.68. The molecule has 1 aromatic heterocycles. The van der Waals surface area contributed by atoms with Gasteiger partial charge in [-0.25, -0.2) is 0 Å². The standard InChI is InChI=1S/C8H8BrN3O/c1-8(10-11-8)5-12-4-6(9)2-3-7(12)13/h2-4H,5H2,1H3. The molecule has 0 fully saturated rings. The molecule has 68 valence electrons. The predicted molar refractivity (Wildman–Crippen MR) is 51.7 cm³/mol. The van der Waals surface area contributed by atoms with E-state index in [2.05, 4.69) is 26.2 Å². The van der Waals surface area contributed by atoms with E-state index in [0.29, 0.717) is 6.54 Å². The van der Waals surface area contributed by atoms with Crippen LogP contribution < -0.4 is 5.56 Å². The third-order valence-electron chi connectivity index (χ3n) is 1.86. The van der Waals surface area contributed by atoms with E-state index in [9.17, 15) is 4.79 Å². The topological polar surface area (TPSA) is 46.7 Å². The van der Waals surface area contributed by atoms with Crippen LogP contribution in [0.3, 0.4) is 0 Å². The summed E-state index contributed by atoms with van der Waals surface area (Å²) in [6, 6.07) is 3.25. The minimum atomic E-state index is -0.370. The number of pyridine rings is 1. The zero-order valence-electron chi connectivity index (χ0n) is 7.07. The van der Waals surface area contributed by atoms with Gasteiger partial charge in [-0.1, -0.05) is 0 Å². The maximum Gasteiger partial charge on any atom is 0.250 e. The normalized spacial score (nSPS) is 17.4. The van der Waals surface area contributed by atoms with Gasteiger partial charge in [0.25, 0.3) is 5.56 Å². The Bertz CT molecular complexity index is 418. The average Bonchev–Trinajstić information content (AvgIpc) is 2.76. The van der Waals surface area contributed by atoms with E-state index < -0.39 is 0 Å². The lowest BCUT2D eigenvalue weighted by Crippen LogP contribution is -2.25. The van der Waals surface area contributed by atoms with E-state index in [-0.39, 0.29) is 11.2 Å². The highest BCUT2D eigenvalue weighted by Crippen LogP contribution is 2.28. The van der Waals surface area contributed by atoms with Crippen LogP contribution in [0.1, 0.15) is 6.92 Å². The van der Waals surface area contributed by atoms with Crippen LogP contribution in [0.5, 0.6) is 0 Å². The Morgan fingerprint density at radius 2 is 2.23 bits per heavy atom. The van der Waals surface area contributed by atoms with Gasteiger partial charge in [-0.15, -0.1) is 0 Å². The highest BCUT2D eigenvalue weighted by molar-refractivity contribution is 9.10. The van der Waals surface area contributed by atoms with Crippen molar-refractivity contribution in [3.8, 4) is 0 Å². The molecule has 1 aromatic rings. The van der Waals surface area contributed by atoms with Crippen molar-refractivity contribution in [1.82, 2.24) is 4.57 Å². The molecule has 0 saturated carbocycles. The average molecular weight is 242 g/mol.